The molecule has 1 radical (unpaired) electrons. The molecule has 4 N–H and O–H groups in total. The average Bonchev–Trinajstić information content (AvgIpc) is 1.61. The summed E-state index contributed by atoms with van der Waals surface area (Å²) in [6, 6.07) is 53.5. The van der Waals surface area contributed by atoms with Gasteiger partial charge in [-0.05, 0) is 144 Å². The van der Waals surface area contributed by atoms with E-state index in [-0.39, 0.29) is 17.1 Å². The summed E-state index contributed by atoms with van der Waals surface area (Å²) >= 11 is 0. The molecule has 0 saturated heterocycles. The summed E-state index contributed by atoms with van der Waals surface area (Å²) < 4.78 is 0. The number of aliphatic carboxylic acids is 2. The fourth-order valence-electron chi connectivity index (χ4n) is 14.9. The summed E-state index contributed by atoms with van der Waals surface area (Å²) in [6.45, 7) is 6.52. The molecule has 4 aliphatic rings. The van der Waals surface area contributed by atoms with E-state index >= 15 is 0 Å². The number of carbonyl (C=O) groups is 2. The van der Waals surface area contributed by atoms with Crippen molar-refractivity contribution in [3.63, 3.8) is 0 Å². The van der Waals surface area contributed by atoms with Gasteiger partial charge in [-0.15, -0.1) is 0 Å². The van der Waals surface area contributed by atoms with Crippen molar-refractivity contribution < 1.29 is 36.9 Å². The van der Waals surface area contributed by atoms with Gasteiger partial charge in [-0.25, -0.2) is 59.8 Å². The van der Waals surface area contributed by atoms with E-state index in [9.17, 15) is 0 Å². The van der Waals surface area contributed by atoms with Gasteiger partial charge in [-0.3, -0.25) is 0 Å². The third kappa shape index (κ3) is 15.8. The van der Waals surface area contributed by atoms with Gasteiger partial charge in [0.05, 0.1) is 0 Å². The van der Waals surface area contributed by atoms with Gasteiger partial charge in [0.15, 0.2) is 46.6 Å². The SMILES string of the molecule is CC(=O)[O-].CC(=O)[O-].CN(C)Cc1cc2c3nc4nc(nc5[nH]c(nc6nc(nc([nH]3)c2c(CN(C)C)c1CN(C)C)-c1ccccc1-6)c1ccccc51)-c1ccccc1-4.CN(C)Cc1cc2c3nc4nc(nc5[nH]c(nc6nc(nc([nH]3)c2c(CN(C)C)c1CN(C)C)-c1ccccc1-6)c1ccccc51)-c1ccccc1-4.[Cu+2]. The molecule has 6 aromatic heterocycles. The molecule has 4 aliphatic heterocycles. The van der Waals surface area contributed by atoms with E-state index in [2.05, 4.69) is 219 Å². The number of carboxylic acids is 2. The van der Waals surface area contributed by atoms with Gasteiger partial charge < -0.3 is 69.1 Å². The van der Waals surface area contributed by atoms with Gasteiger partial charge >= 0.3 is 17.1 Å². The Labute approximate surface area is 662 Å². The summed E-state index contributed by atoms with van der Waals surface area (Å²) in [6.07, 6.45) is 0. The zero-order valence-electron chi connectivity index (χ0n) is 65.2. The number of fused-ring (bicyclic) bond motifs is 40. The van der Waals surface area contributed by atoms with Crippen LogP contribution in [0.1, 0.15) is 47.2 Å². The molecule has 8 aromatic carbocycles. The number of rotatable bonds is 12. The van der Waals surface area contributed by atoms with Crippen LogP contribution in [0.3, 0.4) is 0 Å². The third-order valence-electron chi connectivity index (χ3n) is 19.2. The molecular weight excluding hydrogens is 1470 g/mol. The van der Waals surface area contributed by atoms with Crippen molar-refractivity contribution in [2.75, 3.05) is 84.6 Å². The van der Waals surface area contributed by atoms with Crippen molar-refractivity contribution >= 4 is 100 Å². The van der Waals surface area contributed by atoms with Crippen LogP contribution in [0.25, 0.3) is 179 Å². The van der Waals surface area contributed by atoms with E-state index in [4.69, 9.17) is 79.6 Å². The summed E-state index contributed by atoms with van der Waals surface area (Å²) in [4.78, 5) is 108. The molecule has 0 unspecified atom stereocenters. The Morgan fingerprint density at radius 3 is 0.655 bits per heavy atom. The molecule has 26 nitrogen and oxygen atoms in total. The largest absolute Gasteiger partial charge is 2.00 e. The van der Waals surface area contributed by atoms with Gasteiger partial charge in [0, 0.05) is 139 Å². The van der Waals surface area contributed by atoms with Gasteiger partial charge in [0.25, 0.3) is 0 Å². The minimum atomic E-state index is -1.08. The fraction of sp³-hybridized carbons (Fsp3) is 0.233. The molecule has 113 heavy (non-hydrogen) atoms. The first kappa shape index (κ1) is 77.4. The number of hydrogen-bond acceptors (Lipinski definition) is 22. The van der Waals surface area contributed by atoms with E-state index in [1.165, 1.54) is 33.4 Å². The Hall–Kier alpha value is -12.3. The van der Waals surface area contributed by atoms with E-state index in [0.29, 0.717) is 91.8 Å². The maximum absolute atomic E-state index is 8.89. The number of H-pyrrole nitrogens is 4. The molecule has 10 heterocycles. The van der Waals surface area contributed by atoms with E-state index in [0.717, 1.165) is 141 Å². The normalized spacial score (nSPS) is 11.9. The number of carboxylic acid groups (broad SMARTS) is 2. The van der Waals surface area contributed by atoms with Crippen molar-refractivity contribution in [1.29, 1.82) is 0 Å². The van der Waals surface area contributed by atoms with Gasteiger partial charge in [0.1, 0.15) is 45.2 Å². The third-order valence-corrected chi connectivity index (χ3v) is 19.2. The summed E-state index contributed by atoms with van der Waals surface area (Å²) in [5.41, 5.74) is 20.4. The van der Waals surface area contributed by atoms with Crippen molar-refractivity contribution in [2.45, 2.75) is 53.1 Å². The van der Waals surface area contributed by atoms with E-state index in [1.54, 1.807) is 0 Å². The average molecular weight is 1550 g/mol. The smallest absolute Gasteiger partial charge is 0.550 e. The van der Waals surface area contributed by atoms with Crippen molar-refractivity contribution in [3.05, 3.63) is 191 Å². The van der Waals surface area contributed by atoms with Crippen LogP contribution in [0.5, 0.6) is 0 Å². The first-order valence-electron chi connectivity index (χ1n) is 36.7. The monoisotopic (exact) mass is 1550 g/mol. The quantitative estimate of drug-likeness (QED) is 0.0826. The second-order valence-corrected chi connectivity index (χ2v) is 29.7. The molecule has 0 fully saturated rings. The Balaban J connectivity index is 0.000000170. The number of hydrogen-bond donors (Lipinski definition) is 4. The Bertz CT molecular complexity index is 6060. The van der Waals surface area contributed by atoms with E-state index in [1.807, 2.05) is 72.8 Å². The summed E-state index contributed by atoms with van der Waals surface area (Å²) in [5, 5.41) is 25.6. The number of benzene rings is 8. The minimum Gasteiger partial charge on any atom is -0.550 e. The topological polar surface area (TPSA) is 318 Å². The number of nitrogens with zero attached hydrogens (tertiary/aromatic N) is 18. The van der Waals surface area contributed by atoms with Crippen LogP contribution < -0.4 is 10.2 Å². The van der Waals surface area contributed by atoms with Crippen LogP contribution in [0, 0.1) is 0 Å². The van der Waals surface area contributed by atoms with Crippen LogP contribution >= 0.6 is 0 Å². The van der Waals surface area contributed by atoms with Crippen LogP contribution in [0.4, 0.5) is 0 Å². The van der Waals surface area contributed by atoms with Crippen LogP contribution in [-0.4, -0.2) is 206 Å². The molecule has 0 aliphatic carbocycles. The summed E-state index contributed by atoms with van der Waals surface area (Å²) in [7, 11) is 25.4. The number of aromatic nitrogens is 16. The van der Waals surface area contributed by atoms with Crippen molar-refractivity contribution in [1.82, 2.24) is 109 Å². The predicted octanol–water partition coefficient (Wildman–Crippen LogP) is 11.6. The molecule has 0 spiro atoms. The van der Waals surface area contributed by atoms with Gasteiger partial charge in [-0.1, -0.05) is 146 Å². The second kappa shape index (κ2) is 32.2. The van der Waals surface area contributed by atoms with Gasteiger partial charge in [-0.2, -0.15) is 0 Å². The maximum atomic E-state index is 8.89. The number of carbonyl (C=O) groups excluding carboxylic acids is 2. The molecular formula is C86H84CuN22O4. The second-order valence-electron chi connectivity index (χ2n) is 29.7. The number of aromatic amines is 4. The van der Waals surface area contributed by atoms with E-state index < -0.39 is 11.9 Å². The summed E-state index contributed by atoms with van der Waals surface area (Å²) in [5.74, 6) is 2.58. The fourth-order valence-corrected chi connectivity index (χ4v) is 14.9. The van der Waals surface area contributed by atoms with Gasteiger partial charge in [0.2, 0.25) is 0 Å². The van der Waals surface area contributed by atoms with Crippen molar-refractivity contribution in [2.24, 2.45) is 0 Å². The Morgan fingerprint density at radius 1 is 0.265 bits per heavy atom. The zero-order valence-corrected chi connectivity index (χ0v) is 66.2. The number of nitrogens with one attached hydrogen (secondary N) is 4. The zero-order chi connectivity index (χ0) is 78.5. The van der Waals surface area contributed by atoms with Crippen LogP contribution in [0.15, 0.2) is 158 Å². The molecule has 0 atom stereocenters. The first-order chi connectivity index (χ1) is 53.9. The predicted molar refractivity (Wildman–Crippen MR) is 438 cm³/mol. The molecule has 0 saturated carbocycles. The standard InChI is InChI=1S/2C41H39N11.2C2H4O2.Cu/c2*1-50(2)20-23-19-30-33(32(22-52(5)6)31(23)21-51(3)4)41-48-39-29-18-12-11-17-28(29)37(46-39)44-35-25-14-8-7-13-24(25)34(42-35)43-36-26-15-9-10-16-27(26)38(45-36)47-40(30)49-41;2*1-2(3)4;/h2*7-19H,20-22H2,1-6H3,(H2,42,43,44,45,46,47,48,49);2*1H3,(H,3,4);/q;;;;+2/p-2. The first-order valence-corrected chi connectivity index (χ1v) is 36.7. The maximum Gasteiger partial charge on any atom is 2.00 e. The molecule has 27 heteroatoms. The Kier molecular flexibility index (Phi) is 22.1. The molecule has 18 rings (SSSR count). The molecule has 573 valence electrons. The Morgan fingerprint density at radius 2 is 0.442 bits per heavy atom. The molecule has 14 aromatic rings. The minimum absolute atomic E-state index is 0. The molecule has 0 amide bonds. The van der Waals surface area contributed by atoms with Crippen LogP contribution in [-0.2, 0) is 65.9 Å². The van der Waals surface area contributed by atoms with Crippen molar-refractivity contribution in [3.8, 4) is 91.1 Å². The molecule has 16 bridgehead atoms. The van der Waals surface area contributed by atoms with Crippen LogP contribution in [0.2, 0.25) is 0 Å².